The second-order valence-corrected chi connectivity index (χ2v) is 11.8. The molecule has 36 heavy (non-hydrogen) atoms. The second-order valence-electron chi connectivity index (χ2n) is 11.8. The molecule has 190 valence electrons. The molecule has 2 aliphatic rings. The monoisotopic (exact) mass is 485 g/mol. The second kappa shape index (κ2) is 10.2. The molecule has 0 aromatic heterocycles. The molecule has 0 radical (unpaired) electrons. The van der Waals surface area contributed by atoms with Crippen LogP contribution in [0.1, 0.15) is 56.8 Å². The summed E-state index contributed by atoms with van der Waals surface area (Å²) in [5, 5.41) is 7.45. The standard InChI is InChI=1S/C31H39N3O2/c1-31(2,3)21-32-29(35)24-11-8-16-34(20-24)25-14-17-33(18-15-25)30(36)28-26-12-6-4-9-22(26)19-23-10-5-7-13-27(23)28/h4-7,9-10,12-13,19,24-25H,8,11,14-18,20-21H2,1-3H3,(H,32,35)/t24-/m1/s1. The minimum absolute atomic E-state index is 0.0720. The van der Waals surface area contributed by atoms with Gasteiger partial charge in [0.2, 0.25) is 5.91 Å². The van der Waals surface area contributed by atoms with E-state index in [0.29, 0.717) is 12.6 Å². The summed E-state index contributed by atoms with van der Waals surface area (Å²) >= 11 is 0. The van der Waals surface area contributed by atoms with E-state index in [-0.39, 0.29) is 23.1 Å². The fourth-order valence-electron chi connectivity index (χ4n) is 5.89. The molecule has 5 nitrogen and oxygen atoms in total. The molecule has 5 heteroatoms. The van der Waals surface area contributed by atoms with E-state index in [1.54, 1.807) is 0 Å². The number of nitrogens with one attached hydrogen (secondary N) is 1. The van der Waals surface area contributed by atoms with E-state index < -0.39 is 0 Å². The lowest BCUT2D eigenvalue weighted by Gasteiger charge is -2.42. The largest absolute Gasteiger partial charge is 0.355 e. The highest BCUT2D eigenvalue weighted by molar-refractivity contribution is 6.18. The smallest absolute Gasteiger partial charge is 0.255 e. The summed E-state index contributed by atoms with van der Waals surface area (Å²) in [7, 11) is 0. The zero-order valence-corrected chi connectivity index (χ0v) is 21.9. The molecule has 0 spiro atoms. The van der Waals surface area contributed by atoms with E-state index in [0.717, 1.165) is 79.0 Å². The van der Waals surface area contributed by atoms with Gasteiger partial charge in [-0.3, -0.25) is 14.5 Å². The van der Waals surface area contributed by atoms with Crippen LogP contribution in [0, 0.1) is 11.3 Å². The molecule has 2 heterocycles. The third-order valence-corrected chi connectivity index (χ3v) is 7.87. The predicted molar refractivity (Wildman–Crippen MR) is 147 cm³/mol. The normalized spacial score (nSPS) is 20.1. The van der Waals surface area contributed by atoms with Crippen molar-refractivity contribution in [2.45, 2.75) is 52.5 Å². The third-order valence-electron chi connectivity index (χ3n) is 7.87. The number of amides is 2. The molecule has 3 aromatic carbocycles. The Kier molecular flexibility index (Phi) is 7.03. The van der Waals surface area contributed by atoms with Gasteiger partial charge in [0, 0.05) is 32.2 Å². The molecule has 3 aromatic rings. The van der Waals surface area contributed by atoms with Gasteiger partial charge in [0.15, 0.2) is 0 Å². The van der Waals surface area contributed by atoms with Crippen LogP contribution in [0.5, 0.6) is 0 Å². The minimum Gasteiger partial charge on any atom is -0.355 e. The molecule has 5 rings (SSSR count). The summed E-state index contributed by atoms with van der Waals surface area (Å²) in [6.07, 6.45) is 3.96. The lowest BCUT2D eigenvalue weighted by atomic mass is 9.91. The summed E-state index contributed by atoms with van der Waals surface area (Å²) in [6, 6.07) is 19.0. The zero-order chi connectivity index (χ0) is 25.3. The molecule has 0 bridgehead atoms. The Bertz CT molecular complexity index is 1200. The SMILES string of the molecule is CC(C)(C)CNC(=O)[C@@H]1CCCN(C2CCN(C(=O)c3c4ccccc4cc4ccccc34)CC2)C1. The summed E-state index contributed by atoms with van der Waals surface area (Å²) in [5.41, 5.74) is 0.925. The first-order valence-electron chi connectivity index (χ1n) is 13.5. The van der Waals surface area contributed by atoms with E-state index in [2.05, 4.69) is 61.3 Å². The van der Waals surface area contributed by atoms with Gasteiger partial charge in [-0.15, -0.1) is 0 Å². The van der Waals surface area contributed by atoms with Crippen molar-refractivity contribution >= 4 is 33.4 Å². The quantitative estimate of drug-likeness (QED) is 0.499. The average molecular weight is 486 g/mol. The Balaban J connectivity index is 1.26. The molecular weight excluding hydrogens is 446 g/mol. The van der Waals surface area contributed by atoms with Crippen molar-refractivity contribution in [2.75, 3.05) is 32.7 Å². The van der Waals surface area contributed by atoms with E-state index in [1.807, 2.05) is 29.2 Å². The molecule has 2 aliphatic heterocycles. The van der Waals surface area contributed by atoms with Gasteiger partial charge in [-0.25, -0.2) is 0 Å². The van der Waals surface area contributed by atoms with Gasteiger partial charge in [0.05, 0.1) is 11.5 Å². The van der Waals surface area contributed by atoms with Crippen LogP contribution in [0.25, 0.3) is 21.5 Å². The third kappa shape index (κ3) is 5.27. The van der Waals surface area contributed by atoms with Crippen LogP contribution in [0.3, 0.4) is 0 Å². The van der Waals surface area contributed by atoms with Gasteiger partial charge in [-0.2, -0.15) is 0 Å². The molecule has 0 saturated carbocycles. The van der Waals surface area contributed by atoms with Crippen LogP contribution in [0.2, 0.25) is 0 Å². The Hall–Kier alpha value is -2.92. The Morgan fingerprint density at radius 2 is 1.50 bits per heavy atom. The van der Waals surface area contributed by atoms with Crippen LogP contribution < -0.4 is 5.32 Å². The van der Waals surface area contributed by atoms with Crippen LogP contribution in [0.15, 0.2) is 54.6 Å². The first kappa shape index (κ1) is 24.8. The average Bonchev–Trinajstić information content (AvgIpc) is 2.89. The summed E-state index contributed by atoms with van der Waals surface area (Å²) in [6.45, 7) is 10.6. The van der Waals surface area contributed by atoms with E-state index >= 15 is 0 Å². The molecule has 2 saturated heterocycles. The molecule has 1 atom stereocenters. The zero-order valence-electron chi connectivity index (χ0n) is 21.9. The predicted octanol–water partition coefficient (Wildman–Crippen LogP) is 5.47. The molecular formula is C31H39N3O2. The number of carbonyl (C=O) groups excluding carboxylic acids is 2. The van der Waals surface area contributed by atoms with Crippen molar-refractivity contribution in [3.05, 3.63) is 60.2 Å². The lowest BCUT2D eigenvalue weighted by molar-refractivity contribution is -0.127. The lowest BCUT2D eigenvalue weighted by Crippen LogP contribution is -2.52. The van der Waals surface area contributed by atoms with Crippen LogP contribution in [0.4, 0.5) is 0 Å². The Morgan fingerprint density at radius 1 is 0.889 bits per heavy atom. The van der Waals surface area contributed by atoms with E-state index in [1.165, 1.54) is 0 Å². The van der Waals surface area contributed by atoms with Crippen molar-refractivity contribution in [3.63, 3.8) is 0 Å². The highest BCUT2D eigenvalue weighted by atomic mass is 16.2. The number of likely N-dealkylation sites (tertiary alicyclic amines) is 2. The van der Waals surface area contributed by atoms with Gasteiger partial charge in [0.1, 0.15) is 0 Å². The highest BCUT2D eigenvalue weighted by Gasteiger charge is 2.33. The van der Waals surface area contributed by atoms with E-state index in [4.69, 9.17) is 0 Å². The molecule has 2 fully saturated rings. The molecule has 0 unspecified atom stereocenters. The first-order valence-corrected chi connectivity index (χ1v) is 13.5. The van der Waals surface area contributed by atoms with Crippen molar-refractivity contribution in [2.24, 2.45) is 11.3 Å². The number of carbonyl (C=O) groups is 2. The van der Waals surface area contributed by atoms with Crippen molar-refractivity contribution in [3.8, 4) is 0 Å². The minimum atomic E-state index is 0.0720. The van der Waals surface area contributed by atoms with Gasteiger partial charge in [0.25, 0.3) is 5.91 Å². The molecule has 2 amide bonds. The number of benzene rings is 3. The number of fused-ring (bicyclic) bond motifs is 2. The van der Waals surface area contributed by atoms with E-state index in [9.17, 15) is 9.59 Å². The van der Waals surface area contributed by atoms with Crippen molar-refractivity contribution in [1.29, 1.82) is 0 Å². The van der Waals surface area contributed by atoms with Gasteiger partial charge in [-0.1, -0.05) is 69.3 Å². The van der Waals surface area contributed by atoms with Crippen LogP contribution in [-0.2, 0) is 4.79 Å². The number of rotatable bonds is 4. The fraction of sp³-hybridized carbons (Fsp3) is 0.484. The molecule has 0 aliphatic carbocycles. The Labute approximate surface area is 214 Å². The molecule has 1 N–H and O–H groups in total. The number of hydrogen-bond acceptors (Lipinski definition) is 3. The van der Waals surface area contributed by atoms with Crippen molar-refractivity contribution in [1.82, 2.24) is 15.1 Å². The summed E-state index contributed by atoms with van der Waals surface area (Å²) in [5.74, 6) is 0.410. The van der Waals surface area contributed by atoms with Crippen LogP contribution in [-0.4, -0.2) is 60.4 Å². The fourth-order valence-corrected chi connectivity index (χ4v) is 5.89. The number of hydrogen-bond donors (Lipinski definition) is 1. The van der Waals surface area contributed by atoms with Crippen LogP contribution >= 0.6 is 0 Å². The van der Waals surface area contributed by atoms with Gasteiger partial charge >= 0.3 is 0 Å². The van der Waals surface area contributed by atoms with Gasteiger partial charge < -0.3 is 10.2 Å². The summed E-state index contributed by atoms with van der Waals surface area (Å²) < 4.78 is 0. The maximum absolute atomic E-state index is 13.9. The van der Waals surface area contributed by atoms with Crippen molar-refractivity contribution < 1.29 is 9.59 Å². The summed E-state index contributed by atoms with van der Waals surface area (Å²) in [4.78, 5) is 31.2. The maximum Gasteiger partial charge on any atom is 0.255 e. The Morgan fingerprint density at radius 3 is 2.11 bits per heavy atom. The number of nitrogens with zero attached hydrogens (tertiary/aromatic N) is 2. The maximum atomic E-state index is 13.9. The topological polar surface area (TPSA) is 52.7 Å². The first-order chi connectivity index (χ1) is 17.3. The highest BCUT2D eigenvalue weighted by Crippen LogP contribution is 2.31. The van der Waals surface area contributed by atoms with Gasteiger partial charge in [-0.05, 0) is 65.3 Å². The number of piperidine rings is 2.